The molecule has 2 aromatic rings. The van der Waals surface area contributed by atoms with Crippen molar-refractivity contribution < 1.29 is 14.3 Å². The molecular weight excluding hydrogens is 445 g/mol. The zero-order valence-corrected chi connectivity index (χ0v) is 20.0. The molecule has 0 aliphatic carbocycles. The van der Waals surface area contributed by atoms with Crippen molar-refractivity contribution in [3.05, 3.63) is 82.4 Å². The fourth-order valence-electron chi connectivity index (χ4n) is 4.65. The Morgan fingerprint density at radius 3 is 2.47 bits per heavy atom. The molecule has 0 spiro atoms. The van der Waals surface area contributed by atoms with E-state index >= 15 is 0 Å². The number of halogens is 2. The summed E-state index contributed by atoms with van der Waals surface area (Å²) in [6, 6.07) is 14.2. The molecule has 1 aliphatic heterocycles. The molecule has 1 heterocycles. The summed E-state index contributed by atoms with van der Waals surface area (Å²) in [6.07, 6.45) is 3.40. The fourth-order valence-corrected chi connectivity index (χ4v) is 4.97. The summed E-state index contributed by atoms with van der Waals surface area (Å²) in [7, 11) is 0. The fraction of sp³-hybridized carbons (Fsp3) is 0.385. The molecule has 0 radical (unpaired) electrons. The largest absolute Gasteiger partial charge is 0.464 e. The summed E-state index contributed by atoms with van der Waals surface area (Å²) in [5, 5.41) is 1.25. The minimum Gasteiger partial charge on any atom is -0.464 e. The van der Waals surface area contributed by atoms with E-state index in [2.05, 4.69) is 6.58 Å². The summed E-state index contributed by atoms with van der Waals surface area (Å²) in [5.41, 5.74) is 1.95. The third kappa shape index (κ3) is 5.19. The first kappa shape index (κ1) is 24.3. The van der Waals surface area contributed by atoms with E-state index in [0.717, 1.165) is 11.1 Å². The number of hydrogen-bond acceptors (Lipinski definition) is 3. The van der Waals surface area contributed by atoms with E-state index in [4.69, 9.17) is 27.9 Å². The highest BCUT2D eigenvalue weighted by molar-refractivity contribution is 6.30. The van der Waals surface area contributed by atoms with Crippen LogP contribution in [0.5, 0.6) is 0 Å². The van der Waals surface area contributed by atoms with E-state index in [1.807, 2.05) is 55.5 Å². The second-order valence-corrected chi connectivity index (χ2v) is 8.91. The Labute approximate surface area is 200 Å². The van der Waals surface area contributed by atoms with Crippen molar-refractivity contribution in [2.24, 2.45) is 5.92 Å². The Bertz CT molecular complexity index is 960. The number of likely N-dealkylation sites (tertiary alicyclic amines) is 1. The van der Waals surface area contributed by atoms with E-state index < -0.39 is 6.04 Å². The standard InChI is InChI=1S/C26H29Cl2NO3/c1-4-8-19-16-22(18-9-7-10-21(28)15-18)24(17-11-13-20(27)14-12-17)29(25(19)30)23(5-2)26(31)32-6-3/h4,7,9-15,19,22-24H,1,5-6,8,16H2,2-3H3. The Morgan fingerprint density at radius 1 is 1.16 bits per heavy atom. The van der Waals surface area contributed by atoms with Crippen molar-refractivity contribution in [1.29, 1.82) is 0 Å². The van der Waals surface area contributed by atoms with E-state index in [9.17, 15) is 9.59 Å². The van der Waals surface area contributed by atoms with Crippen LogP contribution < -0.4 is 0 Å². The zero-order chi connectivity index (χ0) is 23.3. The van der Waals surface area contributed by atoms with Gasteiger partial charge in [0.25, 0.3) is 0 Å². The number of carbonyl (C=O) groups is 2. The maximum atomic E-state index is 13.7. The van der Waals surface area contributed by atoms with Gasteiger partial charge in [0, 0.05) is 21.9 Å². The molecule has 4 atom stereocenters. The Morgan fingerprint density at radius 2 is 1.88 bits per heavy atom. The van der Waals surface area contributed by atoms with Crippen molar-refractivity contribution in [1.82, 2.24) is 4.90 Å². The summed E-state index contributed by atoms with van der Waals surface area (Å²) < 4.78 is 5.36. The molecule has 1 aliphatic rings. The lowest BCUT2D eigenvalue weighted by atomic mass is 9.74. The number of hydrogen-bond donors (Lipinski definition) is 0. The Balaban J connectivity index is 2.19. The van der Waals surface area contributed by atoms with Crippen LogP contribution in [0.1, 0.15) is 56.2 Å². The number of amides is 1. The molecule has 0 N–H and O–H groups in total. The van der Waals surface area contributed by atoms with Gasteiger partial charge in [0.15, 0.2) is 0 Å². The Hall–Kier alpha value is -2.30. The van der Waals surface area contributed by atoms with Crippen molar-refractivity contribution >= 4 is 35.1 Å². The van der Waals surface area contributed by atoms with Crippen molar-refractivity contribution in [2.75, 3.05) is 6.61 Å². The third-order valence-electron chi connectivity index (χ3n) is 6.04. The van der Waals surface area contributed by atoms with Crippen LogP contribution in [0.25, 0.3) is 0 Å². The molecule has 0 bridgehead atoms. The van der Waals surface area contributed by atoms with Crippen LogP contribution in [0.3, 0.4) is 0 Å². The number of esters is 1. The van der Waals surface area contributed by atoms with Gasteiger partial charge in [-0.05, 0) is 61.6 Å². The van der Waals surface area contributed by atoms with Gasteiger partial charge in [-0.3, -0.25) is 4.79 Å². The van der Waals surface area contributed by atoms with Crippen molar-refractivity contribution in [3.63, 3.8) is 0 Å². The number of benzene rings is 2. The molecule has 4 unspecified atom stereocenters. The lowest BCUT2D eigenvalue weighted by Crippen LogP contribution is -2.54. The van der Waals surface area contributed by atoms with Crippen LogP contribution in [0.4, 0.5) is 0 Å². The van der Waals surface area contributed by atoms with Gasteiger partial charge in [0.05, 0.1) is 12.6 Å². The van der Waals surface area contributed by atoms with Crippen LogP contribution in [-0.2, 0) is 14.3 Å². The lowest BCUT2D eigenvalue weighted by Gasteiger charge is -2.47. The maximum Gasteiger partial charge on any atom is 0.328 e. The normalized spacial score (nSPS) is 21.8. The quantitative estimate of drug-likeness (QED) is 0.321. The van der Waals surface area contributed by atoms with Crippen LogP contribution >= 0.6 is 23.2 Å². The smallest absolute Gasteiger partial charge is 0.328 e. The average Bonchev–Trinajstić information content (AvgIpc) is 2.77. The number of rotatable bonds is 8. The number of ether oxygens (including phenoxy) is 1. The highest BCUT2D eigenvalue weighted by atomic mass is 35.5. The van der Waals surface area contributed by atoms with Gasteiger partial charge in [-0.2, -0.15) is 0 Å². The number of carbonyl (C=O) groups excluding carboxylic acids is 2. The molecule has 0 saturated carbocycles. The highest BCUT2D eigenvalue weighted by Crippen LogP contribution is 2.47. The monoisotopic (exact) mass is 473 g/mol. The van der Waals surface area contributed by atoms with Gasteiger partial charge in [-0.25, -0.2) is 4.79 Å². The van der Waals surface area contributed by atoms with E-state index in [1.54, 1.807) is 17.9 Å². The molecular formula is C26H29Cl2NO3. The van der Waals surface area contributed by atoms with Crippen LogP contribution in [-0.4, -0.2) is 29.4 Å². The Kier molecular flexibility index (Phi) is 8.38. The first-order valence-electron chi connectivity index (χ1n) is 11.0. The predicted octanol–water partition coefficient (Wildman–Crippen LogP) is 6.58. The number of allylic oxidation sites excluding steroid dienone is 1. The van der Waals surface area contributed by atoms with Gasteiger partial charge < -0.3 is 9.64 Å². The molecule has 2 aromatic carbocycles. The van der Waals surface area contributed by atoms with Crippen molar-refractivity contribution in [3.8, 4) is 0 Å². The molecule has 1 saturated heterocycles. The van der Waals surface area contributed by atoms with E-state index in [1.165, 1.54) is 0 Å². The second-order valence-electron chi connectivity index (χ2n) is 8.04. The molecule has 170 valence electrons. The summed E-state index contributed by atoms with van der Waals surface area (Å²) in [5.74, 6) is -0.765. The summed E-state index contributed by atoms with van der Waals surface area (Å²) >= 11 is 12.5. The minimum absolute atomic E-state index is 0.0527. The molecule has 0 aromatic heterocycles. The predicted molar refractivity (Wildman–Crippen MR) is 129 cm³/mol. The maximum absolute atomic E-state index is 13.7. The SMILES string of the molecule is C=CCC1CC(c2cccc(Cl)c2)C(c2ccc(Cl)cc2)N(C(CC)C(=O)OCC)C1=O. The highest BCUT2D eigenvalue weighted by Gasteiger charge is 2.47. The summed E-state index contributed by atoms with van der Waals surface area (Å²) in [6.45, 7) is 7.78. The van der Waals surface area contributed by atoms with Gasteiger partial charge in [-0.1, -0.05) is 60.5 Å². The van der Waals surface area contributed by atoms with Crippen LogP contribution in [0.2, 0.25) is 10.0 Å². The van der Waals surface area contributed by atoms with Crippen LogP contribution in [0.15, 0.2) is 61.2 Å². The first-order chi connectivity index (χ1) is 15.4. The first-order valence-corrected chi connectivity index (χ1v) is 11.8. The summed E-state index contributed by atoms with van der Waals surface area (Å²) in [4.78, 5) is 28.4. The molecule has 4 nitrogen and oxygen atoms in total. The molecule has 1 amide bonds. The molecule has 3 rings (SSSR count). The van der Waals surface area contributed by atoms with E-state index in [0.29, 0.717) is 29.3 Å². The van der Waals surface area contributed by atoms with Gasteiger partial charge in [0.1, 0.15) is 6.04 Å². The topological polar surface area (TPSA) is 46.6 Å². The van der Waals surface area contributed by atoms with Gasteiger partial charge >= 0.3 is 5.97 Å². The van der Waals surface area contributed by atoms with Gasteiger partial charge in [-0.15, -0.1) is 6.58 Å². The van der Waals surface area contributed by atoms with Gasteiger partial charge in [0.2, 0.25) is 5.91 Å². The molecule has 1 fully saturated rings. The third-order valence-corrected chi connectivity index (χ3v) is 6.53. The number of nitrogens with zero attached hydrogens (tertiary/aromatic N) is 1. The second kappa shape index (κ2) is 11.0. The molecule has 6 heteroatoms. The van der Waals surface area contributed by atoms with E-state index in [-0.39, 0.29) is 36.4 Å². The zero-order valence-electron chi connectivity index (χ0n) is 18.5. The van der Waals surface area contributed by atoms with Crippen LogP contribution in [0, 0.1) is 5.92 Å². The average molecular weight is 474 g/mol. The molecule has 32 heavy (non-hydrogen) atoms. The lowest BCUT2D eigenvalue weighted by molar-refractivity contribution is -0.162. The minimum atomic E-state index is -0.683. The number of piperidine rings is 1. The van der Waals surface area contributed by atoms with Crippen molar-refractivity contribution in [2.45, 2.75) is 51.1 Å².